The van der Waals surface area contributed by atoms with Gasteiger partial charge >= 0.3 is 0 Å². The first-order chi connectivity index (χ1) is 15.9. The van der Waals surface area contributed by atoms with Crippen molar-refractivity contribution in [2.75, 3.05) is 0 Å². The summed E-state index contributed by atoms with van der Waals surface area (Å²) >= 11 is 0. The van der Waals surface area contributed by atoms with Crippen LogP contribution in [0.15, 0.2) is 158 Å². The minimum Gasteiger partial charge on any atom is -0.0623 e. The van der Waals surface area contributed by atoms with Crippen molar-refractivity contribution < 1.29 is 0 Å². The second-order valence-electron chi connectivity index (χ2n) is 7.26. The molecule has 0 unspecified atom stereocenters. The maximum atomic E-state index is 2.21. The summed E-state index contributed by atoms with van der Waals surface area (Å²) in [6, 6.07) is 54.2. The molecule has 0 heterocycles. The summed E-state index contributed by atoms with van der Waals surface area (Å²) in [6.07, 6.45) is 4.45. The van der Waals surface area contributed by atoms with Gasteiger partial charge in [-0.3, -0.25) is 0 Å². The van der Waals surface area contributed by atoms with Crippen LogP contribution in [0.4, 0.5) is 0 Å². The summed E-state index contributed by atoms with van der Waals surface area (Å²) in [5, 5.41) is 0. The Balaban J connectivity index is 2.06. The summed E-state index contributed by atoms with van der Waals surface area (Å²) in [5.74, 6) is 0. The molecule has 0 saturated carbocycles. The summed E-state index contributed by atoms with van der Waals surface area (Å²) in [5.41, 5.74) is 2.69. The number of aryl methyl sites for hydroxylation is 2. The number of hydrogen-bond acceptors (Lipinski definition) is 0. The van der Waals surface area contributed by atoms with Gasteiger partial charge in [0.15, 0.2) is 0 Å². The lowest BCUT2D eigenvalue weighted by molar-refractivity contribution is 0.735. The molecule has 0 fully saturated rings. The summed E-state index contributed by atoms with van der Waals surface area (Å²) in [7, 11) is 0. The van der Waals surface area contributed by atoms with Crippen LogP contribution < -0.4 is 0 Å². The molecule has 0 amide bonds. The standard InChI is InChI=1S/C32H34/c1-3-7-11-15-19-25-31(26-20-16-12-8-4-1)29-23-24-30-32-27-21-17-13-9-5-2-6-10-14-18-22-28-32/h1-22,25-28H,23-24,29-30H2. The highest BCUT2D eigenvalue weighted by atomic mass is 14.0. The van der Waals surface area contributed by atoms with Crippen molar-refractivity contribution in [2.45, 2.75) is 25.7 Å². The molecule has 0 N–H and O–H groups in total. The summed E-state index contributed by atoms with van der Waals surface area (Å²) in [4.78, 5) is 0. The number of rotatable bonds is 5. The highest BCUT2D eigenvalue weighted by Crippen LogP contribution is 2.07. The second-order valence-corrected chi connectivity index (χ2v) is 7.26. The molecular formula is C32H34. The lowest BCUT2D eigenvalue weighted by Crippen LogP contribution is -1.87. The Morgan fingerprint density at radius 3 is 0.656 bits per heavy atom. The molecule has 2 aromatic carbocycles. The van der Waals surface area contributed by atoms with E-state index >= 15 is 0 Å². The van der Waals surface area contributed by atoms with Crippen LogP contribution in [0.3, 0.4) is 0 Å². The Hall–Kier alpha value is -3.64. The zero-order valence-corrected chi connectivity index (χ0v) is 18.8. The van der Waals surface area contributed by atoms with Gasteiger partial charge in [-0.15, -0.1) is 0 Å². The SMILES string of the molecule is c1ccccccc(CCCCc2ccccccccccccc2)cccccc1. The molecule has 0 aromatic heterocycles. The zero-order chi connectivity index (χ0) is 22.4. The van der Waals surface area contributed by atoms with Crippen LogP contribution in [-0.4, -0.2) is 0 Å². The monoisotopic (exact) mass is 418 g/mol. The lowest BCUT2D eigenvalue weighted by Gasteiger charge is -2.01. The predicted molar refractivity (Wildman–Crippen MR) is 140 cm³/mol. The minimum absolute atomic E-state index is 1.07. The molecule has 162 valence electrons. The highest BCUT2D eigenvalue weighted by Gasteiger charge is 1.93. The molecule has 0 atom stereocenters. The molecule has 0 heteroatoms. The molecule has 0 saturated heterocycles. The van der Waals surface area contributed by atoms with E-state index in [2.05, 4.69) is 97.1 Å². The van der Waals surface area contributed by atoms with E-state index in [9.17, 15) is 0 Å². The van der Waals surface area contributed by atoms with Crippen molar-refractivity contribution in [3.8, 4) is 0 Å². The first-order valence-electron chi connectivity index (χ1n) is 11.4. The van der Waals surface area contributed by atoms with Gasteiger partial charge in [0, 0.05) is 0 Å². The molecule has 2 rings (SSSR count). The van der Waals surface area contributed by atoms with E-state index in [1.165, 1.54) is 11.1 Å². The van der Waals surface area contributed by atoms with E-state index in [4.69, 9.17) is 0 Å². The van der Waals surface area contributed by atoms with Crippen molar-refractivity contribution in [3.63, 3.8) is 0 Å². The third-order valence-corrected chi connectivity index (χ3v) is 4.64. The Morgan fingerprint density at radius 1 is 0.250 bits per heavy atom. The predicted octanol–water partition coefficient (Wildman–Crippen LogP) is 8.75. The minimum atomic E-state index is 1.07. The van der Waals surface area contributed by atoms with Crippen molar-refractivity contribution in [1.82, 2.24) is 0 Å². The molecular weight excluding hydrogens is 384 g/mol. The van der Waals surface area contributed by atoms with Gasteiger partial charge in [0.05, 0.1) is 0 Å². The van der Waals surface area contributed by atoms with Crippen LogP contribution in [0.1, 0.15) is 24.0 Å². The largest absolute Gasteiger partial charge is 0.0623 e. The van der Waals surface area contributed by atoms with E-state index in [1.807, 2.05) is 60.7 Å². The van der Waals surface area contributed by atoms with Crippen LogP contribution in [-0.2, 0) is 12.8 Å². The van der Waals surface area contributed by atoms with Crippen molar-refractivity contribution >= 4 is 0 Å². The van der Waals surface area contributed by atoms with Gasteiger partial charge in [0.2, 0.25) is 0 Å². The third-order valence-electron chi connectivity index (χ3n) is 4.64. The Labute approximate surface area is 194 Å². The molecule has 0 aliphatic heterocycles. The molecule has 0 aliphatic rings. The van der Waals surface area contributed by atoms with E-state index in [0.717, 1.165) is 25.7 Å². The van der Waals surface area contributed by atoms with E-state index in [0.29, 0.717) is 0 Å². The average molecular weight is 419 g/mol. The second kappa shape index (κ2) is 18.2. The van der Waals surface area contributed by atoms with Crippen molar-refractivity contribution in [2.24, 2.45) is 0 Å². The number of hydrogen-bond donors (Lipinski definition) is 0. The Morgan fingerprint density at radius 2 is 0.438 bits per heavy atom. The fourth-order valence-electron chi connectivity index (χ4n) is 2.97. The van der Waals surface area contributed by atoms with Gasteiger partial charge < -0.3 is 0 Å². The molecule has 0 spiro atoms. The van der Waals surface area contributed by atoms with Gasteiger partial charge in [-0.25, -0.2) is 0 Å². The van der Waals surface area contributed by atoms with Crippen molar-refractivity contribution in [1.29, 1.82) is 0 Å². The smallest absolute Gasteiger partial charge is 0.0279 e. The van der Waals surface area contributed by atoms with E-state index < -0.39 is 0 Å². The lowest BCUT2D eigenvalue weighted by atomic mass is 10.1. The quantitative estimate of drug-likeness (QED) is 0.426. The molecule has 0 aliphatic carbocycles. The molecule has 0 nitrogen and oxygen atoms in total. The summed E-state index contributed by atoms with van der Waals surface area (Å²) < 4.78 is 0. The highest BCUT2D eigenvalue weighted by molar-refractivity contribution is 5.13. The van der Waals surface area contributed by atoms with Gasteiger partial charge in [-0.2, -0.15) is 0 Å². The van der Waals surface area contributed by atoms with E-state index in [-0.39, 0.29) is 0 Å². The Bertz CT molecular complexity index is 850. The van der Waals surface area contributed by atoms with Crippen LogP contribution in [0.25, 0.3) is 0 Å². The fraction of sp³-hybridized carbons (Fsp3) is 0.125. The van der Waals surface area contributed by atoms with Crippen molar-refractivity contribution in [3.05, 3.63) is 169 Å². The van der Waals surface area contributed by atoms with Crippen LogP contribution in [0.5, 0.6) is 0 Å². The topological polar surface area (TPSA) is 0 Å². The van der Waals surface area contributed by atoms with E-state index in [1.54, 1.807) is 0 Å². The maximum Gasteiger partial charge on any atom is -0.0279 e. The molecule has 0 radical (unpaired) electrons. The number of unbranched alkanes of at least 4 members (excludes halogenated alkanes) is 1. The van der Waals surface area contributed by atoms with Gasteiger partial charge in [0.1, 0.15) is 0 Å². The van der Waals surface area contributed by atoms with Gasteiger partial charge in [-0.05, 0) is 36.8 Å². The average Bonchev–Trinajstić information content (AvgIpc) is 2.81. The normalized spacial score (nSPS) is 9.12. The fourth-order valence-corrected chi connectivity index (χ4v) is 2.97. The maximum absolute atomic E-state index is 2.21. The first-order valence-corrected chi connectivity index (χ1v) is 11.4. The molecule has 0 bridgehead atoms. The first kappa shape index (κ1) is 24.6. The summed E-state index contributed by atoms with van der Waals surface area (Å²) in [6.45, 7) is 0. The molecule has 32 heavy (non-hydrogen) atoms. The van der Waals surface area contributed by atoms with Crippen LogP contribution >= 0.6 is 0 Å². The van der Waals surface area contributed by atoms with Crippen LogP contribution in [0, 0.1) is 0 Å². The Kier molecular flexibility index (Phi) is 14.0. The zero-order valence-electron chi connectivity index (χ0n) is 18.8. The van der Waals surface area contributed by atoms with Crippen LogP contribution in [0.2, 0.25) is 0 Å². The third kappa shape index (κ3) is 13.6. The van der Waals surface area contributed by atoms with Gasteiger partial charge in [0.25, 0.3) is 0 Å². The molecule has 2 aromatic rings. The van der Waals surface area contributed by atoms with Gasteiger partial charge in [-0.1, -0.05) is 158 Å².